The molecule has 164 valence electrons. The number of H-pyrrole nitrogens is 1. The fourth-order valence-corrected chi connectivity index (χ4v) is 5.00. The Hall–Kier alpha value is -2.16. The first-order valence-electron chi connectivity index (χ1n) is 9.53. The molecule has 1 aliphatic rings. The normalized spacial score (nSPS) is 16.4. The van der Waals surface area contributed by atoms with Crippen LogP contribution in [0.3, 0.4) is 0 Å². The number of aromatic hydroxyl groups is 1. The second-order valence-corrected chi connectivity index (χ2v) is 8.51. The fraction of sp³-hybridized carbons (Fsp3) is 0.227. The zero-order valence-corrected chi connectivity index (χ0v) is 18.9. The fourth-order valence-electron chi connectivity index (χ4n) is 4.21. The van der Waals surface area contributed by atoms with Crippen LogP contribution in [-0.4, -0.2) is 34.1 Å². The lowest BCUT2D eigenvalue weighted by atomic mass is 9.96. The van der Waals surface area contributed by atoms with E-state index in [4.69, 9.17) is 5.73 Å². The number of nitrogens with zero attached hydrogens (tertiary/aromatic N) is 1. The van der Waals surface area contributed by atoms with Crippen molar-refractivity contribution < 1.29 is 9.50 Å². The SMILES string of the molecule is Cl.Cl.NC1CCN(Cc2ccc(-c3c(O)ccc4[nH]c(=O)c5sccc5c34)cc2F)C1. The summed E-state index contributed by atoms with van der Waals surface area (Å²) in [4.78, 5) is 17.3. The number of aromatic nitrogens is 1. The van der Waals surface area contributed by atoms with Crippen LogP contribution < -0.4 is 11.3 Å². The second-order valence-electron chi connectivity index (χ2n) is 7.59. The number of hydrogen-bond donors (Lipinski definition) is 3. The van der Waals surface area contributed by atoms with Gasteiger partial charge in [-0.2, -0.15) is 0 Å². The highest BCUT2D eigenvalue weighted by molar-refractivity contribution is 7.17. The molecule has 1 atom stereocenters. The van der Waals surface area contributed by atoms with Crippen LogP contribution in [0.1, 0.15) is 12.0 Å². The summed E-state index contributed by atoms with van der Waals surface area (Å²) in [6.07, 6.45) is 0.929. The molecule has 0 aliphatic carbocycles. The quantitative estimate of drug-likeness (QED) is 0.398. The number of nitrogens with one attached hydrogen (secondary N) is 1. The highest BCUT2D eigenvalue weighted by Crippen LogP contribution is 2.40. The Morgan fingerprint density at radius 2 is 2.03 bits per heavy atom. The maximum atomic E-state index is 14.9. The molecule has 1 aliphatic heterocycles. The van der Waals surface area contributed by atoms with E-state index in [0.29, 0.717) is 33.5 Å². The minimum atomic E-state index is -0.314. The number of hydrogen-bond acceptors (Lipinski definition) is 5. The van der Waals surface area contributed by atoms with Crippen LogP contribution in [0, 0.1) is 5.82 Å². The van der Waals surface area contributed by atoms with Gasteiger partial charge in [-0.3, -0.25) is 9.69 Å². The number of thiophene rings is 1. The van der Waals surface area contributed by atoms with E-state index in [1.807, 2.05) is 17.5 Å². The summed E-state index contributed by atoms with van der Waals surface area (Å²) in [6, 6.07) is 10.3. The van der Waals surface area contributed by atoms with Gasteiger partial charge in [0.25, 0.3) is 5.56 Å². The minimum Gasteiger partial charge on any atom is -0.507 e. The molecule has 3 heterocycles. The van der Waals surface area contributed by atoms with Crippen molar-refractivity contribution >= 4 is 57.1 Å². The molecule has 4 aromatic rings. The third-order valence-corrected chi connectivity index (χ3v) is 6.53. The number of nitrogens with two attached hydrogens (primary N) is 1. The van der Waals surface area contributed by atoms with Gasteiger partial charge in [-0.25, -0.2) is 4.39 Å². The summed E-state index contributed by atoms with van der Waals surface area (Å²) in [5, 5.41) is 13.9. The molecule has 31 heavy (non-hydrogen) atoms. The largest absolute Gasteiger partial charge is 0.507 e. The van der Waals surface area contributed by atoms with Gasteiger partial charge in [-0.1, -0.05) is 12.1 Å². The number of aromatic amines is 1. The Morgan fingerprint density at radius 1 is 1.23 bits per heavy atom. The standard InChI is InChI=1S/C22H20FN3O2S.2ClH/c23-16-9-12(1-2-13(16)10-26-7-5-14(24)11-26)19-18(27)4-3-17-20(19)15-6-8-29-21(15)22(28)25-17;;/h1-4,6,8-9,14,27H,5,7,10-11,24H2,(H,25,28);2*1H. The number of benzene rings is 2. The Bertz CT molecular complexity index is 1310. The van der Waals surface area contributed by atoms with Gasteiger partial charge in [-0.05, 0) is 41.6 Å². The van der Waals surface area contributed by atoms with E-state index in [-0.39, 0.29) is 48.0 Å². The van der Waals surface area contributed by atoms with Crippen molar-refractivity contribution in [1.82, 2.24) is 9.88 Å². The van der Waals surface area contributed by atoms with Crippen LogP contribution in [0.25, 0.3) is 32.1 Å². The maximum absolute atomic E-state index is 14.9. The van der Waals surface area contributed by atoms with Gasteiger partial charge in [0.2, 0.25) is 0 Å². The zero-order chi connectivity index (χ0) is 20.1. The van der Waals surface area contributed by atoms with Gasteiger partial charge in [0.05, 0.1) is 0 Å². The predicted octanol–water partition coefficient (Wildman–Crippen LogP) is 4.63. The smallest absolute Gasteiger partial charge is 0.266 e. The Kier molecular flexibility index (Phi) is 6.93. The van der Waals surface area contributed by atoms with Crippen molar-refractivity contribution in [3.05, 3.63) is 63.5 Å². The van der Waals surface area contributed by atoms with E-state index in [1.165, 1.54) is 23.5 Å². The first kappa shape index (κ1) is 23.5. The average molecular weight is 482 g/mol. The van der Waals surface area contributed by atoms with Gasteiger partial charge < -0.3 is 15.8 Å². The number of rotatable bonds is 3. The molecule has 5 rings (SSSR count). The molecule has 0 bridgehead atoms. The number of phenolic OH excluding ortho intramolecular Hbond substituents is 1. The molecular weight excluding hydrogens is 460 g/mol. The van der Waals surface area contributed by atoms with Crippen molar-refractivity contribution in [2.45, 2.75) is 19.0 Å². The molecule has 5 nitrogen and oxygen atoms in total. The second kappa shape index (κ2) is 9.14. The Morgan fingerprint density at radius 3 is 2.74 bits per heavy atom. The van der Waals surface area contributed by atoms with Gasteiger partial charge >= 0.3 is 0 Å². The van der Waals surface area contributed by atoms with E-state index in [9.17, 15) is 14.3 Å². The Balaban J connectivity index is 0.00000136. The van der Waals surface area contributed by atoms with Crippen molar-refractivity contribution in [1.29, 1.82) is 0 Å². The van der Waals surface area contributed by atoms with Crippen molar-refractivity contribution in [3.8, 4) is 16.9 Å². The average Bonchev–Trinajstić information content (AvgIpc) is 3.34. The van der Waals surface area contributed by atoms with Crippen LogP contribution in [-0.2, 0) is 6.54 Å². The molecule has 1 unspecified atom stereocenters. The van der Waals surface area contributed by atoms with E-state index in [0.717, 1.165) is 30.3 Å². The van der Waals surface area contributed by atoms with E-state index < -0.39 is 0 Å². The lowest BCUT2D eigenvalue weighted by molar-refractivity contribution is 0.321. The third-order valence-electron chi connectivity index (χ3n) is 5.62. The number of fused-ring (bicyclic) bond motifs is 3. The summed E-state index contributed by atoms with van der Waals surface area (Å²) in [5.41, 5.74) is 8.11. The van der Waals surface area contributed by atoms with Crippen LogP contribution >= 0.6 is 36.2 Å². The van der Waals surface area contributed by atoms with Crippen LogP contribution in [0.2, 0.25) is 0 Å². The number of halogens is 3. The number of phenols is 1. The molecule has 0 saturated carbocycles. The van der Waals surface area contributed by atoms with Gasteiger partial charge in [-0.15, -0.1) is 36.2 Å². The molecule has 0 radical (unpaired) electrons. The molecule has 2 aromatic heterocycles. The van der Waals surface area contributed by atoms with E-state index in [2.05, 4.69) is 9.88 Å². The summed E-state index contributed by atoms with van der Waals surface area (Å²) in [6.45, 7) is 2.16. The lowest BCUT2D eigenvalue weighted by Gasteiger charge is -2.17. The van der Waals surface area contributed by atoms with Crippen molar-refractivity contribution in [2.24, 2.45) is 5.73 Å². The highest BCUT2D eigenvalue weighted by atomic mass is 35.5. The molecule has 9 heteroatoms. The number of likely N-dealkylation sites (tertiary alicyclic amines) is 1. The summed E-state index contributed by atoms with van der Waals surface area (Å²) >= 11 is 1.35. The zero-order valence-electron chi connectivity index (χ0n) is 16.4. The molecular formula is C22H22Cl2FN3O2S. The van der Waals surface area contributed by atoms with Crippen LogP contribution in [0.5, 0.6) is 5.75 Å². The lowest BCUT2D eigenvalue weighted by Crippen LogP contribution is -2.26. The van der Waals surface area contributed by atoms with Gasteiger partial charge in [0.15, 0.2) is 0 Å². The first-order chi connectivity index (χ1) is 14.0. The summed E-state index contributed by atoms with van der Waals surface area (Å²) in [7, 11) is 0. The molecule has 0 amide bonds. The maximum Gasteiger partial charge on any atom is 0.266 e. The molecule has 1 fully saturated rings. The molecule has 4 N–H and O–H groups in total. The van der Waals surface area contributed by atoms with E-state index >= 15 is 0 Å². The number of pyridine rings is 1. The van der Waals surface area contributed by atoms with Gasteiger partial charge in [0.1, 0.15) is 16.3 Å². The van der Waals surface area contributed by atoms with Crippen LogP contribution in [0.4, 0.5) is 4.39 Å². The molecule has 1 saturated heterocycles. The summed E-state index contributed by atoms with van der Waals surface area (Å²) < 4.78 is 15.5. The highest BCUT2D eigenvalue weighted by Gasteiger charge is 2.21. The van der Waals surface area contributed by atoms with E-state index in [1.54, 1.807) is 12.1 Å². The minimum absolute atomic E-state index is 0. The Labute approximate surface area is 194 Å². The van der Waals surface area contributed by atoms with Gasteiger partial charge in [0, 0.05) is 53.1 Å². The predicted molar refractivity (Wildman–Crippen MR) is 129 cm³/mol. The van der Waals surface area contributed by atoms with Crippen molar-refractivity contribution in [2.75, 3.05) is 13.1 Å². The van der Waals surface area contributed by atoms with Crippen molar-refractivity contribution in [3.63, 3.8) is 0 Å². The monoisotopic (exact) mass is 481 g/mol. The third kappa shape index (κ3) is 4.16. The molecule has 0 spiro atoms. The van der Waals surface area contributed by atoms with Crippen LogP contribution in [0.15, 0.2) is 46.6 Å². The molecule has 2 aromatic carbocycles. The summed E-state index contributed by atoms with van der Waals surface area (Å²) in [5.74, 6) is -0.264. The first-order valence-corrected chi connectivity index (χ1v) is 10.4. The topological polar surface area (TPSA) is 82.3 Å².